The zero-order valence-electron chi connectivity index (χ0n) is 14.1. The molecule has 0 bridgehead atoms. The SMILES string of the molecule is CC(C)(C)N1CCCCC1.CC(C)(C)c1ncccn1. The maximum Gasteiger partial charge on any atom is 0.133 e. The van der Waals surface area contributed by atoms with Gasteiger partial charge in [0.05, 0.1) is 0 Å². The molecule has 0 aliphatic carbocycles. The van der Waals surface area contributed by atoms with Crippen molar-refractivity contribution in [3.63, 3.8) is 0 Å². The van der Waals surface area contributed by atoms with Crippen LogP contribution in [0, 0.1) is 0 Å². The van der Waals surface area contributed by atoms with E-state index in [2.05, 4.69) is 56.4 Å². The van der Waals surface area contributed by atoms with Crippen LogP contribution in [0.3, 0.4) is 0 Å². The largest absolute Gasteiger partial charge is 0.298 e. The monoisotopic (exact) mass is 277 g/mol. The molecule has 1 fully saturated rings. The summed E-state index contributed by atoms with van der Waals surface area (Å²) in [6.07, 6.45) is 7.78. The quantitative estimate of drug-likeness (QED) is 0.716. The Bertz CT molecular complexity index is 367. The highest BCUT2D eigenvalue weighted by Crippen LogP contribution is 2.19. The molecule has 3 nitrogen and oxygen atoms in total. The van der Waals surface area contributed by atoms with Gasteiger partial charge in [0.1, 0.15) is 5.82 Å². The Hall–Kier alpha value is -0.960. The van der Waals surface area contributed by atoms with Crippen LogP contribution in [0.5, 0.6) is 0 Å². The predicted octanol–water partition coefficient (Wildman–Crippen LogP) is 4.04. The zero-order valence-corrected chi connectivity index (χ0v) is 14.1. The Morgan fingerprint density at radius 3 is 1.65 bits per heavy atom. The maximum atomic E-state index is 4.14. The highest BCUT2D eigenvalue weighted by atomic mass is 15.2. The van der Waals surface area contributed by atoms with Crippen LogP contribution in [-0.4, -0.2) is 33.5 Å². The van der Waals surface area contributed by atoms with Crippen molar-refractivity contribution in [3.05, 3.63) is 24.3 Å². The van der Waals surface area contributed by atoms with Crippen LogP contribution in [0.4, 0.5) is 0 Å². The topological polar surface area (TPSA) is 29.0 Å². The second kappa shape index (κ2) is 7.16. The van der Waals surface area contributed by atoms with Gasteiger partial charge in [0.2, 0.25) is 0 Å². The van der Waals surface area contributed by atoms with Gasteiger partial charge in [0.25, 0.3) is 0 Å². The van der Waals surface area contributed by atoms with Gasteiger partial charge in [-0.2, -0.15) is 0 Å². The highest BCUT2D eigenvalue weighted by molar-refractivity contribution is 5.00. The van der Waals surface area contributed by atoms with E-state index in [1.807, 2.05) is 6.07 Å². The van der Waals surface area contributed by atoms with Crippen LogP contribution in [0.1, 0.15) is 66.6 Å². The second-order valence-corrected chi connectivity index (χ2v) is 7.54. The van der Waals surface area contributed by atoms with Gasteiger partial charge in [-0.15, -0.1) is 0 Å². The van der Waals surface area contributed by atoms with Crippen LogP contribution < -0.4 is 0 Å². The standard InChI is InChI=1S/C9H19N.C8H12N2/c1-9(2,3)10-7-5-4-6-8-10;1-8(2,3)7-9-5-4-6-10-7/h4-8H2,1-3H3;4-6H,1-3H3. The molecule has 0 spiro atoms. The summed E-state index contributed by atoms with van der Waals surface area (Å²) in [7, 11) is 0. The van der Waals surface area contributed by atoms with Gasteiger partial charge in [-0.25, -0.2) is 9.97 Å². The molecular weight excluding hydrogens is 246 g/mol. The molecule has 0 N–H and O–H groups in total. The van der Waals surface area contributed by atoms with E-state index >= 15 is 0 Å². The third-order valence-electron chi connectivity index (χ3n) is 3.54. The van der Waals surface area contributed by atoms with Gasteiger partial charge < -0.3 is 0 Å². The first-order valence-corrected chi connectivity index (χ1v) is 7.74. The van der Waals surface area contributed by atoms with Crippen molar-refractivity contribution in [2.45, 2.75) is 71.8 Å². The molecule has 0 saturated carbocycles. The molecule has 20 heavy (non-hydrogen) atoms. The van der Waals surface area contributed by atoms with Crippen LogP contribution in [-0.2, 0) is 5.41 Å². The van der Waals surface area contributed by atoms with Crippen LogP contribution in [0.15, 0.2) is 18.5 Å². The van der Waals surface area contributed by atoms with Crippen molar-refractivity contribution in [1.29, 1.82) is 0 Å². The average molecular weight is 277 g/mol. The van der Waals surface area contributed by atoms with Crippen molar-refractivity contribution in [2.75, 3.05) is 13.1 Å². The Morgan fingerprint density at radius 1 is 0.850 bits per heavy atom. The number of piperidine rings is 1. The molecule has 1 saturated heterocycles. The van der Waals surface area contributed by atoms with Crippen LogP contribution in [0.2, 0.25) is 0 Å². The van der Waals surface area contributed by atoms with Gasteiger partial charge in [-0.3, -0.25) is 4.90 Å². The number of rotatable bonds is 0. The molecule has 1 aromatic heterocycles. The Labute approximate surface area is 124 Å². The molecule has 3 heteroatoms. The number of aromatic nitrogens is 2. The molecule has 0 amide bonds. The number of hydrogen-bond acceptors (Lipinski definition) is 3. The number of hydrogen-bond donors (Lipinski definition) is 0. The molecule has 1 aromatic rings. The highest BCUT2D eigenvalue weighted by Gasteiger charge is 2.22. The van der Waals surface area contributed by atoms with E-state index < -0.39 is 0 Å². The average Bonchev–Trinajstić information content (AvgIpc) is 2.40. The minimum Gasteiger partial charge on any atom is -0.298 e. The van der Waals surface area contributed by atoms with Crippen molar-refractivity contribution in [3.8, 4) is 0 Å². The minimum atomic E-state index is 0.0707. The molecule has 1 aliphatic rings. The minimum absolute atomic E-state index is 0.0707. The normalized spacial score (nSPS) is 17.3. The van der Waals surface area contributed by atoms with Gasteiger partial charge in [0.15, 0.2) is 0 Å². The predicted molar refractivity (Wildman–Crippen MR) is 85.9 cm³/mol. The van der Waals surface area contributed by atoms with Crippen molar-refractivity contribution >= 4 is 0 Å². The fourth-order valence-corrected chi connectivity index (χ4v) is 2.25. The Balaban J connectivity index is 0.000000200. The van der Waals surface area contributed by atoms with Crippen molar-refractivity contribution < 1.29 is 0 Å². The van der Waals surface area contributed by atoms with E-state index in [0.29, 0.717) is 5.54 Å². The van der Waals surface area contributed by atoms with Crippen LogP contribution >= 0.6 is 0 Å². The first-order chi connectivity index (χ1) is 9.21. The smallest absolute Gasteiger partial charge is 0.133 e. The van der Waals surface area contributed by atoms with E-state index in [1.54, 1.807) is 12.4 Å². The van der Waals surface area contributed by atoms with Gasteiger partial charge in [0, 0.05) is 23.3 Å². The fourth-order valence-electron chi connectivity index (χ4n) is 2.25. The Morgan fingerprint density at radius 2 is 1.35 bits per heavy atom. The first-order valence-electron chi connectivity index (χ1n) is 7.74. The van der Waals surface area contributed by atoms with E-state index in [1.165, 1.54) is 32.4 Å². The fraction of sp³-hybridized carbons (Fsp3) is 0.765. The van der Waals surface area contributed by atoms with E-state index in [4.69, 9.17) is 0 Å². The lowest BCUT2D eigenvalue weighted by Crippen LogP contribution is -2.44. The summed E-state index contributed by atoms with van der Waals surface area (Å²) in [5.41, 5.74) is 0.474. The van der Waals surface area contributed by atoms with Crippen molar-refractivity contribution in [1.82, 2.24) is 14.9 Å². The van der Waals surface area contributed by atoms with E-state index in [9.17, 15) is 0 Å². The molecule has 0 unspecified atom stereocenters. The molecule has 1 aliphatic heterocycles. The molecule has 2 rings (SSSR count). The molecule has 114 valence electrons. The first kappa shape index (κ1) is 17.1. The molecule has 2 heterocycles. The number of likely N-dealkylation sites (tertiary alicyclic amines) is 1. The summed E-state index contributed by atoms with van der Waals surface area (Å²) in [4.78, 5) is 10.9. The molecule has 0 aromatic carbocycles. The zero-order chi connectivity index (χ0) is 15.2. The second-order valence-electron chi connectivity index (χ2n) is 7.54. The van der Waals surface area contributed by atoms with Crippen molar-refractivity contribution in [2.24, 2.45) is 0 Å². The summed E-state index contributed by atoms with van der Waals surface area (Å²) in [5, 5.41) is 0. The molecular formula is C17H31N3. The van der Waals surface area contributed by atoms with Gasteiger partial charge in [-0.05, 0) is 52.8 Å². The van der Waals surface area contributed by atoms with Gasteiger partial charge in [-0.1, -0.05) is 27.2 Å². The van der Waals surface area contributed by atoms with Gasteiger partial charge >= 0.3 is 0 Å². The summed E-state index contributed by atoms with van der Waals surface area (Å²) < 4.78 is 0. The lowest BCUT2D eigenvalue weighted by molar-refractivity contribution is 0.111. The summed E-state index contributed by atoms with van der Waals surface area (Å²) in [5.74, 6) is 0.898. The summed E-state index contributed by atoms with van der Waals surface area (Å²) >= 11 is 0. The lowest BCUT2D eigenvalue weighted by atomic mass is 9.96. The summed E-state index contributed by atoms with van der Waals surface area (Å²) in [6, 6.07) is 1.83. The van der Waals surface area contributed by atoms with E-state index in [-0.39, 0.29) is 5.41 Å². The maximum absolute atomic E-state index is 4.14. The third kappa shape index (κ3) is 6.00. The number of nitrogens with zero attached hydrogens (tertiary/aromatic N) is 3. The Kier molecular flexibility index (Phi) is 6.12. The molecule has 0 atom stereocenters. The summed E-state index contributed by atoms with van der Waals surface area (Å²) in [6.45, 7) is 15.8. The van der Waals surface area contributed by atoms with E-state index in [0.717, 1.165) is 5.82 Å². The van der Waals surface area contributed by atoms with Crippen LogP contribution in [0.25, 0.3) is 0 Å². The lowest BCUT2D eigenvalue weighted by Gasteiger charge is -2.38. The molecule has 0 radical (unpaired) electrons. The third-order valence-corrected chi connectivity index (χ3v) is 3.54.